The van der Waals surface area contributed by atoms with E-state index in [0.29, 0.717) is 10.9 Å². The summed E-state index contributed by atoms with van der Waals surface area (Å²) in [7, 11) is -0.495. The molecule has 4 aromatic rings. The number of aryl methyl sites for hydroxylation is 2. The number of carbonyl (C=O) groups excluding carboxylic acids is 1. The van der Waals surface area contributed by atoms with Gasteiger partial charge in [0, 0.05) is 29.9 Å². The molecule has 6 rings (SSSR count). The van der Waals surface area contributed by atoms with Crippen molar-refractivity contribution in [3.63, 3.8) is 0 Å². The van der Waals surface area contributed by atoms with E-state index in [1.165, 1.54) is 18.3 Å². The number of fused-ring (bicyclic) bond motifs is 3. The minimum atomic E-state index is -0.532. The number of nitrogens with one attached hydrogen (secondary N) is 1. The number of carbonyl (C=O) groups is 1. The summed E-state index contributed by atoms with van der Waals surface area (Å²) in [5.74, 6) is 0.482. The Morgan fingerprint density at radius 2 is 1.97 bits per heavy atom. The van der Waals surface area contributed by atoms with Crippen LogP contribution in [0.25, 0.3) is 27.5 Å². The van der Waals surface area contributed by atoms with Crippen LogP contribution in [0.5, 0.6) is 0 Å². The Bertz CT molecular complexity index is 1540. The van der Waals surface area contributed by atoms with Crippen LogP contribution in [0.4, 0.5) is 5.13 Å². The Morgan fingerprint density at radius 1 is 1.19 bits per heavy atom. The quantitative estimate of drug-likeness (QED) is 0.407. The molecule has 0 atom stereocenters. The molecule has 1 saturated heterocycles. The lowest BCUT2D eigenvalue weighted by molar-refractivity contribution is -0.114. The number of rotatable bonds is 4. The van der Waals surface area contributed by atoms with Gasteiger partial charge in [-0.1, -0.05) is 30.0 Å². The third-order valence-electron chi connectivity index (χ3n) is 6.71. The van der Waals surface area contributed by atoms with E-state index in [-0.39, 0.29) is 5.91 Å². The first-order valence-electron chi connectivity index (χ1n) is 12.2. The Morgan fingerprint density at radius 3 is 2.62 bits per heavy atom. The molecular weight excluding hydrogens is 485 g/mol. The third kappa shape index (κ3) is 4.16. The van der Waals surface area contributed by atoms with Crippen LogP contribution in [0.1, 0.15) is 37.7 Å². The minimum Gasteiger partial charge on any atom is -0.534 e. The van der Waals surface area contributed by atoms with E-state index in [1.807, 2.05) is 62.0 Å². The molecule has 4 heterocycles. The van der Waals surface area contributed by atoms with Crippen LogP contribution >= 0.6 is 11.3 Å². The molecule has 1 aliphatic heterocycles. The van der Waals surface area contributed by atoms with E-state index in [9.17, 15) is 4.79 Å². The van der Waals surface area contributed by atoms with Crippen molar-refractivity contribution < 1.29 is 14.1 Å². The van der Waals surface area contributed by atoms with Gasteiger partial charge >= 0.3 is 7.12 Å². The first-order valence-corrected chi connectivity index (χ1v) is 13.0. The molecule has 3 aromatic heterocycles. The fourth-order valence-electron chi connectivity index (χ4n) is 4.64. The summed E-state index contributed by atoms with van der Waals surface area (Å²) in [6.07, 6.45) is 3.46. The summed E-state index contributed by atoms with van der Waals surface area (Å²) >= 11 is 1.48. The van der Waals surface area contributed by atoms with Crippen molar-refractivity contribution in [3.05, 3.63) is 71.9 Å². The first kappa shape index (κ1) is 23.6. The summed E-state index contributed by atoms with van der Waals surface area (Å²) < 4.78 is 13.9. The number of aromatic nitrogens is 4. The number of hydrogen-bond donors (Lipinski definition) is 1. The van der Waals surface area contributed by atoms with Crippen molar-refractivity contribution >= 4 is 35.0 Å². The zero-order chi connectivity index (χ0) is 25.9. The van der Waals surface area contributed by atoms with Crippen LogP contribution in [-0.2, 0) is 26.9 Å². The zero-order valence-electron chi connectivity index (χ0n) is 21.2. The summed E-state index contributed by atoms with van der Waals surface area (Å²) in [5.41, 5.74) is 7.25. The lowest BCUT2D eigenvalue weighted by Crippen LogP contribution is -2.34. The highest BCUT2D eigenvalue weighted by Gasteiger charge is 2.42. The van der Waals surface area contributed by atoms with Gasteiger partial charge in [0.1, 0.15) is 5.60 Å². The number of hydrogen-bond acceptors (Lipinski definition) is 7. The molecule has 0 radical (unpaired) electrons. The van der Waals surface area contributed by atoms with Crippen molar-refractivity contribution in [2.24, 2.45) is 0 Å². The van der Waals surface area contributed by atoms with Gasteiger partial charge in [0.15, 0.2) is 5.13 Å². The minimum absolute atomic E-state index is 0.135. The maximum absolute atomic E-state index is 11.7. The Balaban J connectivity index is 1.45. The molecule has 1 aromatic carbocycles. The number of nitrogens with zero attached hydrogens (tertiary/aromatic N) is 4. The second-order valence-electron chi connectivity index (χ2n) is 9.84. The maximum atomic E-state index is 11.7. The molecule has 0 saturated carbocycles. The molecule has 0 unspecified atom stereocenters. The van der Waals surface area contributed by atoms with E-state index >= 15 is 0 Å². The van der Waals surface area contributed by atoms with Crippen molar-refractivity contribution in [1.82, 2.24) is 19.7 Å². The standard InChI is InChI=1S/C27H26BN5O3S/c1-15-6-7-18(14-29-15)23-21-12-13-22-25(37-26(31-22)30-17(3)34)24(21)33(32-23)20-10-8-19(9-11-20)28-35-16(2)27(4,5)36-28/h6-11,14H,2,12-13H2,1,3-5H3,(H,30,31,34). The molecule has 0 bridgehead atoms. The SMILES string of the molecule is C=C1OB(c2ccc(-n3nc(-c4ccc(C)nc4)c4c3-c3sc(NC(C)=O)nc3CC4)cc2)OC1(C)C. The smallest absolute Gasteiger partial charge is 0.534 e. The average Bonchev–Trinajstić information content (AvgIpc) is 3.52. The second-order valence-corrected chi connectivity index (χ2v) is 10.8. The average molecular weight is 511 g/mol. The molecule has 1 amide bonds. The van der Waals surface area contributed by atoms with Crippen molar-refractivity contribution in [2.75, 3.05) is 5.32 Å². The molecule has 2 aliphatic rings. The van der Waals surface area contributed by atoms with Gasteiger partial charge in [-0.05, 0) is 63.3 Å². The van der Waals surface area contributed by atoms with Crippen LogP contribution in [0.2, 0.25) is 0 Å². The normalized spacial score (nSPS) is 15.8. The van der Waals surface area contributed by atoms with Gasteiger partial charge in [-0.3, -0.25) is 9.78 Å². The molecule has 186 valence electrons. The Kier molecular flexibility index (Phi) is 5.54. The molecule has 10 heteroatoms. The predicted molar refractivity (Wildman–Crippen MR) is 145 cm³/mol. The Hall–Kier alpha value is -3.76. The summed E-state index contributed by atoms with van der Waals surface area (Å²) in [6, 6.07) is 12.1. The van der Waals surface area contributed by atoms with Crippen LogP contribution in [-0.4, -0.2) is 38.4 Å². The molecule has 1 N–H and O–H groups in total. The highest BCUT2D eigenvalue weighted by molar-refractivity contribution is 7.19. The second kappa shape index (κ2) is 8.67. The predicted octanol–water partition coefficient (Wildman–Crippen LogP) is 4.46. The Labute approximate surface area is 219 Å². The molecule has 8 nitrogen and oxygen atoms in total. The van der Waals surface area contributed by atoms with E-state index in [2.05, 4.69) is 22.9 Å². The van der Waals surface area contributed by atoms with Gasteiger partial charge in [0.2, 0.25) is 5.91 Å². The monoisotopic (exact) mass is 511 g/mol. The van der Waals surface area contributed by atoms with Gasteiger partial charge < -0.3 is 14.6 Å². The fourth-order valence-corrected chi connectivity index (χ4v) is 5.75. The van der Waals surface area contributed by atoms with Crippen molar-refractivity contribution in [3.8, 4) is 27.5 Å². The van der Waals surface area contributed by atoms with Gasteiger partial charge in [-0.2, -0.15) is 5.10 Å². The van der Waals surface area contributed by atoms with Crippen LogP contribution in [0.3, 0.4) is 0 Å². The van der Waals surface area contributed by atoms with Crippen molar-refractivity contribution in [1.29, 1.82) is 0 Å². The molecule has 37 heavy (non-hydrogen) atoms. The third-order valence-corrected chi connectivity index (χ3v) is 7.73. The van der Waals surface area contributed by atoms with E-state index in [1.54, 1.807) is 0 Å². The number of anilines is 1. The van der Waals surface area contributed by atoms with E-state index < -0.39 is 12.7 Å². The summed E-state index contributed by atoms with van der Waals surface area (Å²) in [4.78, 5) is 21.9. The molecule has 0 spiro atoms. The highest BCUT2D eigenvalue weighted by atomic mass is 32.1. The van der Waals surface area contributed by atoms with Gasteiger partial charge in [0.25, 0.3) is 0 Å². The fraction of sp³-hybridized carbons (Fsp3) is 0.259. The molecule has 1 aliphatic carbocycles. The van der Waals surface area contributed by atoms with Gasteiger partial charge in [-0.15, -0.1) is 0 Å². The summed E-state index contributed by atoms with van der Waals surface area (Å²) in [5, 5.41) is 8.53. The zero-order valence-corrected chi connectivity index (χ0v) is 22.0. The highest BCUT2D eigenvalue weighted by Crippen LogP contribution is 2.44. The lowest BCUT2D eigenvalue weighted by atomic mass is 9.79. The topological polar surface area (TPSA) is 91.2 Å². The largest absolute Gasteiger partial charge is 0.563 e. The van der Waals surface area contributed by atoms with Crippen LogP contribution < -0.4 is 10.8 Å². The maximum Gasteiger partial charge on any atom is 0.563 e. The summed E-state index contributed by atoms with van der Waals surface area (Å²) in [6.45, 7) is 11.3. The van der Waals surface area contributed by atoms with Crippen LogP contribution in [0.15, 0.2) is 54.9 Å². The lowest BCUT2D eigenvalue weighted by Gasteiger charge is -2.15. The van der Waals surface area contributed by atoms with E-state index in [4.69, 9.17) is 19.4 Å². The molecule has 1 fully saturated rings. The number of amides is 1. The van der Waals surface area contributed by atoms with Gasteiger partial charge in [0.05, 0.1) is 33.4 Å². The number of benzene rings is 1. The number of thiazole rings is 1. The van der Waals surface area contributed by atoms with Gasteiger partial charge in [-0.25, -0.2) is 9.67 Å². The first-order chi connectivity index (χ1) is 17.7. The van der Waals surface area contributed by atoms with Crippen molar-refractivity contribution in [2.45, 2.75) is 46.1 Å². The van der Waals surface area contributed by atoms with E-state index in [0.717, 1.165) is 62.8 Å². The number of pyridine rings is 1. The van der Waals surface area contributed by atoms with Crippen LogP contribution in [0, 0.1) is 6.92 Å². The molecular formula is C27H26BN5O3S.